The van der Waals surface area contributed by atoms with E-state index in [9.17, 15) is 14.4 Å². The summed E-state index contributed by atoms with van der Waals surface area (Å²) in [6.07, 6.45) is 0. The van der Waals surface area contributed by atoms with Crippen LogP contribution in [-0.2, 0) is 20.6 Å². The number of aryl methyl sites for hydroxylation is 1. The topological polar surface area (TPSA) is 92.5 Å². The summed E-state index contributed by atoms with van der Waals surface area (Å²) < 4.78 is 2.29. The van der Waals surface area contributed by atoms with Crippen LogP contribution in [0.4, 0.5) is 5.69 Å². The van der Waals surface area contributed by atoms with Gasteiger partial charge in [-0.1, -0.05) is 12.1 Å². The number of hydrogen-bond acceptors (Lipinski definition) is 6. The molecule has 9 nitrogen and oxygen atoms in total. The molecule has 1 fully saturated rings. The van der Waals surface area contributed by atoms with Crippen LogP contribution < -0.4 is 16.6 Å². The molecule has 1 N–H and O–H groups in total. The highest BCUT2D eigenvalue weighted by molar-refractivity contribution is 6.03. The Balaban J connectivity index is 1.54. The number of carbonyl (C=O) groups excluding carboxylic acids is 1. The summed E-state index contributed by atoms with van der Waals surface area (Å²) in [5.41, 5.74) is 1.20. The van der Waals surface area contributed by atoms with Crippen LogP contribution in [0, 0.1) is 0 Å². The van der Waals surface area contributed by atoms with Crippen molar-refractivity contribution in [3.05, 3.63) is 68.5 Å². The number of hydrogen-bond donors (Lipinski definition) is 1. The van der Waals surface area contributed by atoms with Gasteiger partial charge in [-0.3, -0.25) is 23.6 Å². The average molecular weight is 422 g/mol. The molecule has 0 saturated carbocycles. The van der Waals surface area contributed by atoms with Crippen LogP contribution in [-0.4, -0.2) is 63.1 Å². The van der Waals surface area contributed by atoms with Crippen LogP contribution in [0.1, 0.15) is 16.1 Å². The van der Waals surface area contributed by atoms with E-state index in [1.54, 1.807) is 0 Å². The number of nitrogens with one attached hydrogen (secondary N) is 1. The Hall–Kier alpha value is -3.30. The maximum absolute atomic E-state index is 12.8. The van der Waals surface area contributed by atoms with Crippen LogP contribution in [0.25, 0.3) is 11.0 Å². The number of benzene rings is 1. The maximum Gasteiger partial charge on any atom is 0.332 e. The van der Waals surface area contributed by atoms with E-state index in [1.807, 2.05) is 24.3 Å². The van der Waals surface area contributed by atoms with Crippen LogP contribution in [0.15, 0.2) is 46.0 Å². The Kier molecular flexibility index (Phi) is 5.71. The van der Waals surface area contributed by atoms with Crippen molar-refractivity contribution in [1.29, 1.82) is 0 Å². The Bertz CT molecular complexity index is 1250. The lowest BCUT2D eigenvalue weighted by Gasteiger charge is -2.32. The molecular weight excluding hydrogens is 396 g/mol. The van der Waals surface area contributed by atoms with E-state index in [1.165, 1.54) is 30.8 Å². The first kappa shape index (κ1) is 21.0. The Labute approximate surface area is 179 Å². The van der Waals surface area contributed by atoms with Gasteiger partial charge < -0.3 is 10.2 Å². The molecule has 0 radical (unpaired) electrons. The molecule has 4 rings (SSSR count). The molecule has 1 saturated heterocycles. The predicted octanol–water partition coefficient (Wildman–Crippen LogP) is 0.632. The van der Waals surface area contributed by atoms with E-state index < -0.39 is 17.2 Å². The van der Waals surface area contributed by atoms with Gasteiger partial charge in [0, 0.05) is 52.5 Å². The van der Waals surface area contributed by atoms with Crippen molar-refractivity contribution in [2.24, 2.45) is 14.1 Å². The summed E-state index contributed by atoms with van der Waals surface area (Å²) in [7, 11) is 5.07. The number of amides is 1. The number of carbonyl (C=O) groups is 1. The second-order valence-corrected chi connectivity index (χ2v) is 8.01. The zero-order valence-electron chi connectivity index (χ0n) is 18.0. The number of anilines is 1. The third-order valence-corrected chi connectivity index (χ3v) is 5.72. The molecule has 0 spiro atoms. The van der Waals surface area contributed by atoms with Crippen molar-refractivity contribution in [2.75, 3.05) is 38.5 Å². The van der Waals surface area contributed by atoms with E-state index in [0.717, 1.165) is 42.9 Å². The molecule has 3 heterocycles. The Morgan fingerprint density at radius 1 is 1.00 bits per heavy atom. The largest absolute Gasteiger partial charge is 0.332 e. The summed E-state index contributed by atoms with van der Waals surface area (Å²) in [6, 6.07) is 10.8. The normalized spacial score (nSPS) is 15.3. The van der Waals surface area contributed by atoms with Gasteiger partial charge in [-0.25, -0.2) is 9.78 Å². The summed E-state index contributed by atoms with van der Waals surface area (Å²) in [5, 5.41) is 3.16. The molecule has 162 valence electrons. The summed E-state index contributed by atoms with van der Waals surface area (Å²) in [4.78, 5) is 46.2. The first-order valence-electron chi connectivity index (χ1n) is 10.2. The van der Waals surface area contributed by atoms with Crippen molar-refractivity contribution in [2.45, 2.75) is 6.54 Å². The average Bonchev–Trinajstić information content (AvgIpc) is 2.77. The number of aromatic nitrogens is 3. The first-order valence-corrected chi connectivity index (χ1v) is 10.2. The van der Waals surface area contributed by atoms with E-state index in [2.05, 4.69) is 27.1 Å². The second kappa shape index (κ2) is 8.44. The highest BCUT2D eigenvalue weighted by Gasteiger charge is 2.16. The monoisotopic (exact) mass is 422 g/mol. The molecular formula is C22H26N6O3. The number of nitrogens with zero attached hydrogens (tertiary/aromatic N) is 5. The quantitative estimate of drug-likeness (QED) is 0.663. The number of likely N-dealkylation sites (N-methyl/N-ethyl adjacent to an activating group) is 1. The number of fused-ring (bicyclic) bond motifs is 1. The fraction of sp³-hybridized carbons (Fsp3) is 0.364. The van der Waals surface area contributed by atoms with Gasteiger partial charge in [-0.05, 0) is 36.9 Å². The van der Waals surface area contributed by atoms with E-state index in [0.29, 0.717) is 5.69 Å². The molecule has 1 aromatic carbocycles. The minimum atomic E-state index is -0.487. The molecule has 3 aromatic rings. The zero-order chi connectivity index (χ0) is 22.1. The molecule has 0 aliphatic carbocycles. The van der Waals surface area contributed by atoms with Gasteiger partial charge >= 0.3 is 5.69 Å². The molecule has 31 heavy (non-hydrogen) atoms. The summed E-state index contributed by atoms with van der Waals surface area (Å²) in [5.74, 6) is -0.397. The lowest BCUT2D eigenvalue weighted by Crippen LogP contribution is -2.43. The first-order chi connectivity index (χ1) is 14.8. The fourth-order valence-corrected chi connectivity index (χ4v) is 3.79. The van der Waals surface area contributed by atoms with Gasteiger partial charge in [0.1, 0.15) is 11.3 Å². The molecule has 0 bridgehead atoms. The SMILES string of the molecule is CN1CCN(Cc2cccc(NC(=O)c3ccc4c(=O)n(C)c(=O)n(C)c4n3)c2)CC1. The van der Waals surface area contributed by atoms with Crippen molar-refractivity contribution in [1.82, 2.24) is 23.9 Å². The third kappa shape index (κ3) is 4.28. The smallest absolute Gasteiger partial charge is 0.321 e. The van der Waals surface area contributed by atoms with E-state index in [4.69, 9.17) is 0 Å². The fourth-order valence-electron chi connectivity index (χ4n) is 3.79. The minimum Gasteiger partial charge on any atom is -0.321 e. The van der Waals surface area contributed by atoms with Gasteiger partial charge in [-0.2, -0.15) is 0 Å². The molecule has 0 unspecified atom stereocenters. The summed E-state index contributed by atoms with van der Waals surface area (Å²) in [6.45, 7) is 4.97. The molecule has 9 heteroatoms. The minimum absolute atomic E-state index is 0.139. The molecule has 1 amide bonds. The van der Waals surface area contributed by atoms with Gasteiger partial charge in [0.15, 0.2) is 0 Å². The van der Waals surface area contributed by atoms with Gasteiger partial charge in [-0.15, -0.1) is 0 Å². The lowest BCUT2D eigenvalue weighted by molar-refractivity contribution is 0.102. The summed E-state index contributed by atoms with van der Waals surface area (Å²) >= 11 is 0. The highest BCUT2D eigenvalue weighted by atomic mass is 16.2. The number of piperazine rings is 1. The molecule has 0 atom stereocenters. The third-order valence-electron chi connectivity index (χ3n) is 5.72. The van der Waals surface area contributed by atoms with Crippen LogP contribution in [0.2, 0.25) is 0 Å². The van der Waals surface area contributed by atoms with Gasteiger partial charge in [0.25, 0.3) is 11.5 Å². The van der Waals surface area contributed by atoms with Crippen molar-refractivity contribution < 1.29 is 4.79 Å². The van der Waals surface area contributed by atoms with Crippen molar-refractivity contribution in [3.63, 3.8) is 0 Å². The number of rotatable bonds is 4. The van der Waals surface area contributed by atoms with Crippen molar-refractivity contribution in [3.8, 4) is 0 Å². The maximum atomic E-state index is 12.8. The Morgan fingerprint density at radius 2 is 1.74 bits per heavy atom. The molecule has 1 aliphatic heterocycles. The molecule has 2 aromatic heterocycles. The van der Waals surface area contributed by atoms with E-state index >= 15 is 0 Å². The number of pyridine rings is 1. The van der Waals surface area contributed by atoms with Gasteiger partial charge in [0.2, 0.25) is 0 Å². The Morgan fingerprint density at radius 3 is 2.48 bits per heavy atom. The van der Waals surface area contributed by atoms with Crippen LogP contribution in [0.5, 0.6) is 0 Å². The zero-order valence-corrected chi connectivity index (χ0v) is 18.0. The highest BCUT2D eigenvalue weighted by Crippen LogP contribution is 2.15. The molecule has 1 aliphatic rings. The van der Waals surface area contributed by atoms with E-state index in [-0.39, 0.29) is 16.7 Å². The van der Waals surface area contributed by atoms with Gasteiger partial charge in [0.05, 0.1) is 5.39 Å². The lowest BCUT2D eigenvalue weighted by atomic mass is 10.1. The van der Waals surface area contributed by atoms with Crippen molar-refractivity contribution >= 4 is 22.6 Å². The second-order valence-electron chi connectivity index (χ2n) is 8.01. The standard InChI is InChI=1S/C22H26N6O3/c1-25-9-11-28(12-10-25)14-15-5-4-6-16(13-15)23-20(29)18-8-7-17-19(24-18)26(2)22(31)27(3)21(17)30/h4-8,13H,9-12,14H2,1-3H3,(H,23,29). The van der Waals surface area contributed by atoms with Crippen LogP contribution in [0.3, 0.4) is 0 Å². The predicted molar refractivity (Wildman–Crippen MR) is 119 cm³/mol. The van der Waals surface area contributed by atoms with Crippen LogP contribution >= 0.6 is 0 Å².